The summed E-state index contributed by atoms with van der Waals surface area (Å²) in [5.74, 6) is -4.07. The lowest BCUT2D eigenvalue weighted by Gasteiger charge is -2.40. The SMILES string of the molecule is C=C(C)C(=O)OCCOC(=O)C([O-])(C(F)(F)F)C(F)(F)F. The second-order valence-electron chi connectivity index (χ2n) is 3.73. The molecule has 0 saturated heterocycles. The number of halogens is 6. The maximum absolute atomic E-state index is 12.2. The van der Waals surface area contributed by atoms with Crippen LogP contribution in [0.2, 0.25) is 0 Å². The molecule has 0 aromatic rings. The fraction of sp³-hybridized carbons (Fsp3) is 0.600. The third-order valence-corrected chi connectivity index (χ3v) is 1.98. The Morgan fingerprint density at radius 3 is 1.71 bits per heavy atom. The summed E-state index contributed by atoms with van der Waals surface area (Å²) in [5.41, 5.74) is -6.00. The van der Waals surface area contributed by atoms with Gasteiger partial charge in [-0.3, -0.25) is 4.79 Å². The van der Waals surface area contributed by atoms with Crippen LogP contribution in [0.1, 0.15) is 6.92 Å². The maximum atomic E-state index is 12.2. The molecule has 0 aliphatic carbocycles. The van der Waals surface area contributed by atoms with Crippen molar-refractivity contribution in [2.45, 2.75) is 24.9 Å². The Kier molecular flexibility index (Phi) is 5.79. The first-order valence-electron chi connectivity index (χ1n) is 5.09. The average Bonchev–Trinajstić information content (AvgIpc) is 2.29. The monoisotopic (exact) mass is 323 g/mol. The smallest absolute Gasteiger partial charge is 0.399 e. The van der Waals surface area contributed by atoms with Gasteiger partial charge in [0.15, 0.2) is 5.60 Å². The van der Waals surface area contributed by atoms with Crippen LogP contribution in [0.15, 0.2) is 12.2 Å². The van der Waals surface area contributed by atoms with Crippen molar-refractivity contribution >= 4 is 11.9 Å². The quantitative estimate of drug-likeness (QED) is 0.325. The topological polar surface area (TPSA) is 75.7 Å². The summed E-state index contributed by atoms with van der Waals surface area (Å²) in [6.45, 7) is 2.39. The second-order valence-corrected chi connectivity index (χ2v) is 3.73. The van der Waals surface area contributed by atoms with Crippen LogP contribution in [0.25, 0.3) is 0 Å². The molecule has 5 nitrogen and oxygen atoms in total. The highest BCUT2D eigenvalue weighted by Gasteiger charge is 2.68. The predicted octanol–water partition coefficient (Wildman–Crippen LogP) is 0.873. The van der Waals surface area contributed by atoms with Crippen molar-refractivity contribution in [2.75, 3.05) is 13.2 Å². The molecule has 0 atom stereocenters. The third kappa shape index (κ3) is 4.34. The molecule has 0 rings (SSSR count). The van der Waals surface area contributed by atoms with Crippen molar-refractivity contribution in [3.05, 3.63) is 12.2 Å². The largest absolute Gasteiger partial charge is 0.828 e. The number of carbonyl (C=O) groups excluding carboxylic acids is 2. The van der Waals surface area contributed by atoms with Crippen molar-refractivity contribution < 1.29 is 50.5 Å². The van der Waals surface area contributed by atoms with E-state index in [1.165, 1.54) is 6.92 Å². The second kappa shape index (κ2) is 6.33. The lowest BCUT2D eigenvalue weighted by atomic mass is 10.0. The van der Waals surface area contributed by atoms with Crippen molar-refractivity contribution in [1.29, 1.82) is 0 Å². The highest BCUT2D eigenvalue weighted by Crippen LogP contribution is 2.41. The van der Waals surface area contributed by atoms with Gasteiger partial charge in [-0.2, -0.15) is 26.3 Å². The van der Waals surface area contributed by atoms with Crippen LogP contribution in [-0.4, -0.2) is 43.1 Å². The molecule has 11 heteroatoms. The molecule has 0 aliphatic heterocycles. The summed E-state index contributed by atoms with van der Waals surface area (Å²) in [4.78, 5) is 21.6. The van der Waals surface area contributed by atoms with Crippen LogP contribution in [0.4, 0.5) is 26.3 Å². The van der Waals surface area contributed by atoms with E-state index in [1.807, 2.05) is 0 Å². The van der Waals surface area contributed by atoms with Crippen LogP contribution in [0.5, 0.6) is 0 Å². The number of rotatable bonds is 5. The van der Waals surface area contributed by atoms with Gasteiger partial charge in [-0.15, -0.1) is 0 Å². The highest BCUT2D eigenvalue weighted by molar-refractivity contribution is 5.87. The van der Waals surface area contributed by atoms with E-state index >= 15 is 0 Å². The first-order valence-corrected chi connectivity index (χ1v) is 5.09. The lowest BCUT2D eigenvalue weighted by Crippen LogP contribution is -2.71. The zero-order valence-electron chi connectivity index (χ0n) is 10.4. The van der Waals surface area contributed by atoms with Gasteiger partial charge in [0.1, 0.15) is 13.2 Å². The average molecular weight is 323 g/mol. The molecular formula is C10H9F6O5-. The van der Waals surface area contributed by atoms with Gasteiger partial charge in [-0.1, -0.05) is 6.58 Å². The fourth-order valence-corrected chi connectivity index (χ4v) is 0.886. The zero-order chi connectivity index (χ0) is 17.1. The molecule has 0 unspecified atom stereocenters. The number of carbonyl (C=O) groups is 2. The molecule has 0 aliphatic rings. The number of hydrogen-bond donors (Lipinski definition) is 0. The van der Waals surface area contributed by atoms with Gasteiger partial charge in [-0.05, 0) is 6.92 Å². The van der Waals surface area contributed by atoms with Gasteiger partial charge >= 0.3 is 24.3 Å². The molecule has 0 radical (unpaired) electrons. The molecule has 0 bridgehead atoms. The molecule has 0 aromatic heterocycles. The Morgan fingerprint density at radius 1 is 1.00 bits per heavy atom. The third-order valence-electron chi connectivity index (χ3n) is 1.98. The Morgan fingerprint density at radius 2 is 1.38 bits per heavy atom. The lowest BCUT2D eigenvalue weighted by molar-refractivity contribution is -0.574. The first-order chi connectivity index (χ1) is 9.25. The fourth-order valence-electron chi connectivity index (χ4n) is 0.886. The van der Waals surface area contributed by atoms with Crippen LogP contribution in [-0.2, 0) is 19.1 Å². The van der Waals surface area contributed by atoms with E-state index in [2.05, 4.69) is 16.1 Å². The molecule has 122 valence electrons. The summed E-state index contributed by atoms with van der Waals surface area (Å²) in [7, 11) is 0. The van der Waals surface area contributed by atoms with Crippen LogP contribution < -0.4 is 5.11 Å². The van der Waals surface area contributed by atoms with Crippen molar-refractivity contribution in [3.63, 3.8) is 0 Å². The van der Waals surface area contributed by atoms with E-state index in [0.29, 0.717) is 0 Å². The van der Waals surface area contributed by atoms with Crippen molar-refractivity contribution in [2.24, 2.45) is 0 Å². The molecule has 0 fully saturated rings. The maximum Gasteiger partial charge on any atom is 0.399 e. The molecule has 0 amide bonds. The summed E-state index contributed by atoms with van der Waals surface area (Å²) in [5, 5.41) is 10.8. The van der Waals surface area contributed by atoms with Crippen molar-refractivity contribution in [3.8, 4) is 0 Å². The Balaban J connectivity index is 4.75. The molecule has 0 heterocycles. The van der Waals surface area contributed by atoms with Crippen molar-refractivity contribution in [1.82, 2.24) is 0 Å². The van der Waals surface area contributed by atoms with Crippen LogP contribution in [0, 0.1) is 0 Å². The molecule has 0 aromatic carbocycles. The van der Waals surface area contributed by atoms with Crippen LogP contribution in [0.3, 0.4) is 0 Å². The molecule has 0 spiro atoms. The minimum Gasteiger partial charge on any atom is -0.828 e. The van der Waals surface area contributed by atoms with Gasteiger partial charge in [0.25, 0.3) is 0 Å². The number of hydrogen-bond acceptors (Lipinski definition) is 5. The van der Waals surface area contributed by atoms with Gasteiger partial charge < -0.3 is 14.6 Å². The van der Waals surface area contributed by atoms with E-state index in [4.69, 9.17) is 0 Å². The highest BCUT2D eigenvalue weighted by atomic mass is 19.4. The number of ether oxygens (including phenoxy) is 2. The van der Waals surface area contributed by atoms with Gasteiger partial charge in [0.05, 0.1) is 0 Å². The standard InChI is InChI=1S/C10H9F6O5/c1-5(2)6(17)20-3-4-21-7(18)8(19,9(11,12)13)10(14,15)16/h1,3-4H2,2H3/q-1. The number of alkyl halides is 6. The normalized spacial score (nSPS) is 12.8. The Bertz CT molecular complexity index is 411. The van der Waals surface area contributed by atoms with Crippen LogP contribution >= 0.6 is 0 Å². The first kappa shape index (κ1) is 19.2. The molecule has 0 N–H and O–H groups in total. The van der Waals surface area contributed by atoms with E-state index < -0.39 is 43.1 Å². The van der Waals surface area contributed by atoms with E-state index in [-0.39, 0.29) is 5.57 Å². The van der Waals surface area contributed by atoms with Gasteiger partial charge in [0.2, 0.25) is 0 Å². The Labute approximate surface area is 114 Å². The minimum absolute atomic E-state index is 0.0925. The summed E-state index contributed by atoms with van der Waals surface area (Å²) in [6.07, 6.45) is -12.9. The van der Waals surface area contributed by atoms with E-state index in [0.717, 1.165) is 0 Å². The molecule has 0 saturated carbocycles. The van der Waals surface area contributed by atoms with E-state index in [9.17, 15) is 41.0 Å². The minimum atomic E-state index is -6.43. The zero-order valence-corrected chi connectivity index (χ0v) is 10.4. The number of esters is 2. The molecular weight excluding hydrogens is 314 g/mol. The Hall–Kier alpha value is -1.78. The summed E-state index contributed by atoms with van der Waals surface area (Å²) in [6, 6.07) is 0. The van der Waals surface area contributed by atoms with E-state index in [1.54, 1.807) is 0 Å². The predicted molar refractivity (Wildman–Crippen MR) is 51.6 cm³/mol. The molecule has 21 heavy (non-hydrogen) atoms. The summed E-state index contributed by atoms with van der Waals surface area (Å²) >= 11 is 0. The van der Waals surface area contributed by atoms with Gasteiger partial charge in [0, 0.05) is 5.57 Å². The summed E-state index contributed by atoms with van der Waals surface area (Å²) < 4.78 is 80.8. The van der Waals surface area contributed by atoms with Gasteiger partial charge in [-0.25, -0.2) is 4.79 Å².